The van der Waals surface area contributed by atoms with Gasteiger partial charge in [-0.1, -0.05) is 44.2 Å². The van der Waals surface area contributed by atoms with Crippen molar-refractivity contribution in [1.29, 1.82) is 0 Å². The number of hydrogen-bond acceptors (Lipinski definition) is 8. The number of anilines is 1. The number of amides is 1. The Morgan fingerprint density at radius 1 is 1.09 bits per heavy atom. The number of ether oxygens (including phenoxy) is 2. The highest BCUT2D eigenvalue weighted by Crippen LogP contribution is 2.40. The summed E-state index contributed by atoms with van der Waals surface area (Å²) in [6.07, 6.45) is -4.11. The minimum absolute atomic E-state index is 0.00634. The molecule has 2 aliphatic rings. The average Bonchev–Trinajstić information content (AvgIpc) is 3.26. The summed E-state index contributed by atoms with van der Waals surface area (Å²) in [6, 6.07) is 13.7. The Morgan fingerprint density at radius 2 is 1.77 bits per heavy atom. The Morgan fingerprint density at radius 3 is 2.42 bits per heavy atom. The van der Waals surface area contributed by atoms with Crippen LogP contribution in [-0.2, 0) is 24.2 Å². The Labute approximate surface area is 250 Å². The fourth-order valence-electron chi connectivity index (χ4n) is 5.88. The molecule has 2 N–H and O–H groups in total. The molecule has 2 aromatic rings. The van der Waals surface area contributed by atoms with Crippen LogP contribution in [0.15, 0.2) is 59.5 Å². The number of benzene rings is 2. The highest BCUT2D eigenvalue weighted by Gasteiger charge is 2.57. The lowest BCUT2D eigenvalue weighted by Gasteiger charge is -2.42. The molecule has 1 unspecified atom stereocenters. The summed E-state index contributed by atoms with van der Waals surface area (Å²) in [5, 5.41) is 6.22. The lowest BCUT2D eigenvalue weighted by Crippen LogP contribution is -2.56. The molecule has 1 amide bonds. The zero-order chi connectivity index (χ0) is 31.4. The number of methoxy groups -OCH3 is 1. The topological polar surface area (TPSA) is 114 Å². The average molecular weight is 626 g/mol. The van der Waals surface area contributed by atoms with Crippen LogP contribution in [0, 0.1) is 11.8 Å². The third-order valence-electron chi connectivity index (χ3n) is 7.95. The Balaban J connectivity index is 1.66. The number of carbonyl (C=O) groups excluding carboxylic acids is 2. The third-order valence-corrected chi connectivity index (χ3v) is 9.80. The van der Waals surface area contributed by atoms with Crippen LogP contribution < -0.4 is 15.4 Å². The van der Waals surface area contributed by atoms with Gasteiger partial charge in [-0.25, -0.2) is 13.2 Å². The number of halogens is 3. The summed E-state index contributed by atoms with van der Waals surface area (Å²) in [5.41, 5.74) is -2.20. The summed E-state index contributed by atoms with van der Waals surface area (Å²) >= 11 is 0. The van der Waals surface area contributed by atoms with Gasteiger partial charge in [0.25, 0.3) is 11.6 Å². The fraction of sp³-hybridized carbons (Fsp3) is 0.533. The quantitative estimate of drug-likeness (QED) is 0.279. The van der Waals surface area contributed by atoms with Crippen LogP contribution in [0.25, 0.3) is 0 Å². The first-order chi connectivity index (χ1) is 20.3. The van der Waals surface area contributed by atoms with Crippen molar-refractivity contribution in [3.8, 4) is 5.75 Å². The minimum Gasteiger partial charge on any atom is -0.495 e. The van der Waals surface area contributed by atoms with E-state index in [0.717, 1.165) is 6.54 Å². The van der Waals surface area contributed by atoms with Gasteiger partial charge in [-0.2, -0.15) is 13.2 Å². The molecule has 1 aliphatic carbocycles. The van der Waals surface area contributed by atoms with Gasteiger partial charge in [0, 0.05) is 25.0 Å². The molecular formula is C30H38F3N3O6S. The van der Waals surface area contributed by atoms with E-state index in [2.05, 4.69) is 24.5 Å². The van der Waals surface area contributed by atoms with E-state index in [4.69, 9.17) is 9.47 Å². The van der Waals surface area contributed by atoms with Gasteiger partial charge in [0.05, 0.1) is 23.4 Å². The fourth-order valence-corrected chi connectivity index (χ4v) is 7.57. The summed E-state index contributed by atoms with van der Waals surface area (Å²) in [6.45, 7) is 4.82. The molecule has 43 heavy (non-hydrogen) atoms. The number of para-hydroxylation sites is 2. The SMILES string of the molecule is COc1ccccc1NC1(OC(=O)C(F)(F)F)CCN([C@H]2CC[C@@H](NCC(C)C)C[C@H]2CS(=O)(=O)c2ccccc2)C1=O. The number of nitrogens with one attached hydrogen (secondary N) is 2. The molecule has 4 rings (SSSR count). The minimum atomic E-state index is -5.34. The van der Waals surface area contributed by atoms with Crippen LogP contribution >= 0.6 is 0 Å². The van der Waals surface area contributed by atoms with Crippen LogP contribution in [0.3, 0.4) is 0 Å². The van der Waals surface area contributed by atoms with E-state index < -0.39 is 45.6 Å². The summed E-state index contributed by atoms with van der Waals surface area (Å²) in [7, 11) is -2.39. The molecule has 0 bridgehead atoms. The van der Waals surface area contributed by atoms with Crippen molar-refractivity contribution in [3.63, 3.8) is 0 Å². The number of esters is 1. The summed E-state index contributed by atoms with van der Waals surface area (Å²) in [5.74, 6) is -3.53. The Kier molecular flexibility index (Phi) is 9.95. The normalized spacial score (nSPS) is 24.7. The number of hydrogen-bond donors (Lipinski definition) is 2. The number of alkyl halides is 3. The molecular weight excluding hydrogens is 587 g/mol. The van der Waals surface area contributed by atoms with Crippen molar-refractivity contribution in [1.82, 2.24) is 10.2 Å². The maximum Gasteiger partial charge on any atom is 0.491 e. The number of likely N-dealkylation sites (tertiary alicyclic amines) is 1. The van der Waals surface area contributed by atoms with Gasteiger partial charge in [0.1, 0.15) is 5.75 Å². The van der Waals surface area contributed by atoms with Crippen molar-refractivity contribution in [2.24, 2.45) is 11.8 Å². The molecule has 236 valence electrons. The first kappa shape index (κ1) is 32.6. The van der Waals surface area contributed by atoms with Crippen LogP contribution in [-0.4, -0.2) is 75.1 Å². The molecule has 2 fully saturated rings. The van der Waals surface area contributed by atoms with Crippen LogP contribution in [0.5, 0.6) is 5.75 Å². The van der Waals surface area contributed by atoms with Gasteiger partial charge in [0.2, 0.25) is 0 Å². The molecule has 2 aromatic carbocycles. The van der Waals surface area contributed by atoms with Crippen molar-refractivity contribution in [2.75, 3.05) is 31.3 Å². The van der Waals surface area contributed by atoms with Gasteiger partial charge in [-0.05, 0) is 61.9 Å². The Hall–Kier alpha value is -3.32. The Bertz CT molecular complexity index is 1390. The molecule has 1 heterocycles. The number of rotatable bonds is 11. The maximum atomic E-state index is 14.1. The molecule has 9 nitrogen and oxygen atoms in total. The van der Waals surface area contributed by atoms with Gasteiger partial charge in [-0.15, -0.1) is 0 Å². The van der Waals surface area contributed by atoms with Crippen molar-refractivity contribution >= 4 is 27.4 Å². The van der Waals surface area contributed by atoms with E-state index in [0.29, 0.717) is 25.2 Å². The van der Waals surface area contributed by atoms with E-state index in [1.807, 2.05) is 0 Å². The van der Waals surface area contributed by atoms with E-state index >= 15 is 0 Å². The molecule has 0 radical (unpaired) electrons. The third kappa shape index (κ3) is 7.61. The predicted octanol–water partition coefficient (Wildman–Crippen LogP) is 4.40. The molecule has 0 spiro atoms. The standard InChI is InChI=1S/C30H38F3N3O6S/c1-20(2)18-34-22-13-14-25(21(17-22)19-43(39,40)23-9-5-4-6-10-23)36-16-15-29(27(36)37,42-28(38)30(31,32)33)35-24-11-7-8-12-26(24)41-3/h4-12,20-22,25,34-35H,13-19H2,1-3H3/t21-,22+,25-,29?/m0/s1. The molecule has 1 saturated carbocycles. The summed E-state index contributed by atoms with van der Waals surface area (Å²) in [4.78, 5) is 27.7. The number of sulfone groups is 1. The monoisotopic (exact) mass is 625 g/mol. The van der Waals surface area contributed by atoms with Crippen molar-refractivity contribution < 1.29 is 40.7 Å². The number of carbonyl (C=O) groups is 2. The summed E-state index contributed by atoms with van der Waals surface area (Å²) < 4.78 is 77.3. The first-order valence-corrected chi connectivity index (χ1v) is 15.9. The molecule has 1 saturated heterocycles. The molecule has 13 heteroatoms. The van der Waals surface area contributed by atoms with Crippen molar-refractivity contribution in [3.05, 3.63) is 54.6 Å². The second-order valence-corrected chi connectivity index (χ2v) is 13.6. The highest BCUT2D eigenvalue weighted by atomic mass is 32.2. The van der Waals surface area contributed by atoms with E-state index in [9.17, 15) is 31.2 Å². The molecule has 4 atom stereocenters. The second-order valence-electron chi connectivity index (χ2n) is 11.5. The molecule has 1 aliphatic heterocycles. The zero-order valence-corrected chi connectivity index (χ0v) is 25.2. The predicted molar refractivity (Wildman–Crippen MR) is 154 cm³/mol. The van der Waals surface area contributed by atoms with E-state index in [1.165, 1.54) is 30.2 Å². The van der Waals surface area contributed by atoms with Gasteiger partial charge in [-0.3, -0.25) is 4.79 Å². The maximum absolute atomic E-state index is 14.1. The van der Waals surface area contributed by atoms with Gasteiger partial charge >= 0.3 is 12.1 Å². The van der Waals surface area contributed by atoms with Gasteiger partial charge < -0.3 is 25.0 Å². The van der Waals surface area contributed by atoms with Crippen LogP contribution in [0.2, 0.25) is 0 Å². The largest absolute Gasteiger partial charge is 0.495 e. The van der Waals surface area contributed by atoms with E-state index in [-0.39, 0.29) is 41.1 Å². The van der Waals surface area contributed by atoms with Crippen LogP contribution in [0.4, 0.5) is 18.9 Å². The first-order valence-electron chi connectivity index (χ1n) is 14.3. The second kappa shape index (κ2) is 13.1. The van der Waals surface area contributed by atoms with E-state index in [1.54, 1.807) is 36.4 Å². The highest BCUT2D eigenvalue weighted by molar-refractivity contribution is 7.91. The number of nitrogens with zero attached hydrogens (tertiary/aromatic N) is 1. The lowest BCUT2D eigenvalue weighted by atomic mass is 9.81. The smallest absolute Gasteiger partial charge is 0.491 e. The lowest BCUT2D eigenvalue weighted by molar-refractivity contribution is -0.211. The van der Waals surface area contributed by atoms with Crippen LogP contribution in [0.1, 0.15) is 39.5 Å². The van der Waals surface area contributed by atoms with Gasteiger partial charge in [0.15, 0.2) is 9.84 Å². The molecule has 0 aromatic heterocycles. The zero-order valence-electron chi connectivity index (χ0n) is 24.4. The van der Waals surface area contributed by atoms with Crippen molar-refractivity contribution in [2.45, 2.75) is 68.4 Å².